The number of rotatable bonds is 16. The molecule has 10 heteroatoms. The zero-order chi connectivity index (χ0) is 28.1. The number of benzene rings is 2. The number of hydrogen-bond acceptors (Lipinski definition) is 6. The second kappa shape index (κ2) is 15.2. The van der Waals surface area contributed by atoms with E-state index in [2.05, 4.69) is 5.32 Å². The number of carbonyl (C=O) groups is 2. The van der Waals surface area contributed by atoms with Crippen LogP contribution in [0.1, 0.15) is 52.0 Å². The van der Waals surface area contributed by atoms with E-state index in [1.807, 2.05) is 45.0 Å². The minimum absolute atomic E-state index is 0.0940. The van der Waals surface area contributed by atoms with E-state index in [0.717, 1.165) is 18.2 Å². The van der Waals surface area contributed by atoms with Crippen molar-refractivity contribution >= 4 is 27.5 Å². The molecule has 0 aromatic heterocycles. The lowest BCUT2D eigenvalue weighted by Gasteiger charge is -2.31. The topological polar surface area (TPSA) is 105 Å². The van der Waals surface area contributed by atoms with Crippen LogP contribution in [0.4, 0.5) is 5.69 Å². The standard InChI is InChI=1S/C28H41N3O6S/c1-6-19-29-28(33)26(7-2)30(21-22-11-15-24(36-4)16-12-22)27(32)10-9-20-31(38(5,34)35)23-13-17-25(18-14-23)37-8-3/h11-18,26H,6-10,19-21H2,1-5H3,(H,29,33)/t26-/m1/s1. The van der Waals surface area contributed by atoms with Crippen LogP contribution in [-0.2, 0) is 26.2 Å². The van der Waals surface area contributed by atoms with Crippen molar-refractivity contribution in [2.24, 2.45) is 0 Å². The van der Waals surface area contributed by atoms with Gasteiger partial charge in [0.1, 0.15) is 17.5 Å². The largest absolute Gasteiger partial charge is 0.497 e. The summed E-state index contributed by atoms with van der Waals surface area (Å²) in [5.41, 5.74) is 1.37. The van der Waals surface area contributed by atoms with Crippen LogP contribution < -0.4 is 19.1 Å². The van der Waals surface area contributed by atoms with Crippen molar-refractivity contribution < 1.29 is 27.5 Å². The zero-order valence-electron chi connectivity index (χ0n) is 23.1. The van der Waals surface area contributed by atoms with Gasteiger partial charge >= 0.3 is 0 Å². The fourth-order valence-corrected chi connectivity index (χ4v) is 5.06. The third-order valence-electron chi connectivity index (χ3n) is 6.04. The highest BCUT2D eigenvalue weighted by molar-refractivity contribution is 7.92. The van der Waals surface area contributed by atoms with Gasteiger partial charge in [0.15, 0.2) is 0 Å². The predicted molar refractivity (Wildman–Crippen MR) is 150 cm³/mol. The molecule has 2 rings (SSSR count). The molecule has 0 saturated carbocycles. The summed E-state index contributed by atoms with van der Waals surface area (Å²) in [6.45, 7) is 7.16. The average molecular weight is 548 g/mol. The Kier molecular flexibility index (Phi) is 12.4. The van der Waals surface area contributed by atoms with Gasteiger partial charge in [0, 0.05) is 26.1 Å². The van der Waals surface area contributed by atoms with Gasteiger partial charge in [0.2, 0.25) is 21.8 Å². The van der Waals surface area contributed by atoms with Crippen LogP contribution in [0.25, 0.3) is 0 Å². The number of nitrogens with one attached hydrogen (secondary N) is 1. The van der Waals surface area contributed by atoms with Crippen LogP contribution in [0.5, 0.6) is 11.5 Å². The second-order valence-corrected chi connectivity index (χ2v) is 10.9. The minimum Gasteiger partial charge on any atom is -0.497 e. The van der Waals surface area contributed by atoms with Gasteiger partial charge in [-0.15, -0.1) is 0 Å². The molecule has 1 N–H and O–H groups in total. The molecule has 0 saturated heterocycles. The highest BCUT2D eigenvalue weighted by Crippen LogP contribution is 2.23. The van der Waals surface area contributed by atoms with Crippen molar-refractivity contribution in [1.82, 2.24) is 10.2 Å². The van der Waals surface area contributed by atoms with Crippen LogP contribution in [0, 0.1) is 0 Å². The summed E-state index contributed by atoms with van der Waals surface area (Å²) in [6.07, 6.45) is 2.79. The van der Waals surface area contributed by atoms with E-state index in [1.165, 1.54) is 4.31 Å². The molecule has 2 amide bonds. The van der Waals surface area contributed by atoms with Crippen molar-refractivity contribution in [2.45, 2.75) is 59.0 Å². The molecule has 0 heterocycles. The number of hydrogen-bond donors (Lipinski definition) is 1. The molecule has 9 nitrogen and oxygen atoms in total. The molecule has 0 aliphatic rings. The van der Waals surface area contributed by atoms with Gasteiger partial charge in [-0.2, -0.15) is 0 Å². The monoisotopic (exact) mass is 547 g/mol. The molecule has 0 bridgehead atoms. The molecular formula is C28H41N3O6S. The highest BCUT2D eigenvalue weighted by Gasteiger charge is 2.28. The fraction of sp³-hybridized carbons (Fsp3) is 0.500. The Morgan fingerprint density at radius 2 is 1.61 bits per heavy atom. The van der Waals surface area contributed by atoms with Crippen molar-refractivity contribution in [3.8, 4) is 11.5 Å². The Morgan fingerprint density at radius 3 is 2.13 bits per heavy atom. The summed E-state index contributed by atoms with van der Waals surface area (Å²) in [6, 6.07) is 13.6. The number of sulfonamides is 1. The maximum atomic E-state index is 13.5. The van der Waals surface area contributed by atoms with Crippen molar-refractivity contribution in [3.63, 3.8) is 0 Å². The van der Waals surface area contributed by atoms with E-state index in [1.54, 1.807) is 36.3 Å². The summed E-state index contributed by atoms with van der Waals surface area (Å²) in [4.78, 5) is 28.0. The molecule has 0 spiro atoms. The Labute approximate surface area is 227 Å². The van der Waals surface area contributed by atoms with Crippen molar-refractivity contribution in [3.05, 3.63) is 54.1 Å². The van der Waals surface area contributed by atoms with Crippen molar-refractivity contribution in [1.29, 1.82) is 0 Å². The molecule has 210 valence electrons. The summed E-state index contributed by atoms with van der Waals surface area (Å²) in [7, 11) is -1.98. The summed E-state index contributed by atoms with van der Waals surface area (Å²) in [5, 5.41) is 2.90. The highest BCUT2D eigenvalue weighted by atomic mass is 32.2. The van der Waals surface area contributed by atoms with Gasteiger partial charge in [-0.05, 0) is 68.1 Å². The van der Waals surface area contributed by atoms with Crippen LogP contribution in [0.3, 0.4) is 0 Å². The van der Waals surface area contributed by atoms with Crippen molar-refractivity contribution in [2.75, 3.05) is 37.4 Å². The van der Waals surface area contributed by atoms with Gasteiger partial charge in [-0.25, -0.2) is 8.42 Å². The predicted octanol–water partition coefficient (Wildman–Crippen LogP) is 3.97. The second-order valence-electron chi connectivity index (χ2n) is 8.95. The van der Waals surface area contributed by atoms with Crippen LogP contribution >= 0.6 is 0 Å². The zero-order valence-corrected chi connectivity index (χ0v) is 23.9. The molecule has 38 heavy (non-hydrogen) atoms. The first-order valence-electron chi connectivity index (χ1n) is 13.0. The van der Waals surface area contributed by atoms with E-state index in [4.69, 9.17) is 9.47 Å². The molecule has 0 unspecified atom stereocenters. The quantitative estimate of drug-likeness (QED) is 0.341. The van der Waals surface area contributed by atoms with E-state index < -0.39 is 16.1 Å². The number of anilines is 1. The number of amides is 2. The smallest absolute Gasteiger partial charge is 0.242 e. The molecule has 0 fully saturated rings. The van der Waals surface area contributed by atoms with Gasteiger partial charge in [0.25, 0.3) is 0 Å². The van der Waals surface area contributed by atoms with E-state index in [-0.39, 0.29) is 31.3 Å². The first-order chi connectivity index (χ1) is 18.1. The third kappa shape index (κ3) is 9.24. The Morgan fingerprint density at radius 1 is 0.974 bits per heavy atom. The summed E-state index contributed by atoms with van der Waals surface area (Å²) in [5.74, 6) is 0.957. The van der Waals surface area contributed by atoms with Gasteiger partial charge in [-0.3, -0.25) is 13.9 Å². The molecule has 0 radical (unpaired) electrons. The first kappa shape index (κ1) is 31.0. The third-order valence-corrected chi connectivity index (χ3v) is 7.23. The van der Waals surface area contributed by atoms with Gasteiger partial charge in [0.05, 0.1) is 25.7 Å². The SMILES string of the molecule is CCCNC(=O)[C@@H](CC)N(Cc1ccc(OC)cc1)C(=O)CCCN(c1ccc(OCC)cc1)S(C)(=O)=O. The van der Waals surface area contributed by atoms with E-state index >= 15 is 0 Å². The lowest BCUT2D eigenvalue weighted by Crippen LogP contribution is -2.49. The van der Waals surface area contributed by atoms with Crippen LogP contribution in [-0.4, -0.2) is 64.2 Å². The van der Waals surface area contributed by atoms with Crippen LogP contribution in [0.15, 0.2) is 48.5 Å². The van der Waals surface area contributed by atoms with Gasteiger partial charge < -0.3 is 19.7 Å². The average Bonchev–Trinajstić information content (AvgIpc) is 2.90. The van der Waals surface area contributed by atoms with Gasteiger partial charge in [-0.1, -0.05) is 26.0 Å². The number of methoxy groups -OCH3 is 1. The van der Waals surface area contributed by atoms with E-state index in [9.17, 15) is 18.0 Å². The first-order valence-corrected chi connectivity index (χ1v) is 14.9. The molecule has 2 aromatic rings. The van der Waals surface area contributed by atoms with E-state index in [0.29, 0.717) is 43.2 Å². The van der Waals surface area contributed by atoms with Crippen LogP contribution in [0.2, 0.25) is 0 Å². The normalized spacial score (nSPS) is 11.9. The molecule has 2 aromatic carbocycles. The Balaban J connectivity index is 2.19. The minimum atomic E-state index is -3.57. The lowest BCUT2D eigenvalue weighted by molar-refractivity contribution is -0.141. The maximum Gasteiger partial charge on any atom is 0.242 e. The Bertz CT molecular complexity index is 1120. The summed E-state index contributed by atoms with van der Waals surface area (Å²) >= 11 is 0. The number of nitrogens with zero attached hydrogens (tertiary/aromatic N) is 2. The lowest BCUT2D eigenvalue weighted by atomic mass is 10.1. The number of ether oxygens (including phenoxy) is 2. The Hall–Kier alpha value is -3.27. The summed E-state index contributed by atoms with van der Waals surface area (Å²) < 4.78 is 37.0. The molecule has 1 atom stereocenters. The fourth-order valence-electron chi connectivity index (χ4n) is 4.09. The molecule has 0 aliphatic carbocycles. The molecule has 0 aliphatic heterocycles. The maximum absolute atomic E-state index is 13.5. The molecular weight excluding hydrogens is 506 g/mol. The number of carbonyl (C=O) groups excluding carboxylic acids is 2.